The minimum Gasteiger partial charge on any atom is -0.198 e. The highest BCUT2D eigenvalue weighted by Crippen LogP contribution is 2.19. The van der Waals surface area contributed by atoms with Gasteiger partial charge in [0.25, 0.3) is 0 Å². The van der Waals surface area contributed by atoms with Crippen LogP contribution in [0.15, 0.2) is 11.3 Å². The summed E-state index contributed by atoms with van der Waals surface area (Å²) in [5, 5.41) is 13.6. The molecule has 1 heterocycles. The molecule has 12 heavy (non-hydrogen) atoms. The SMILES string of the molecule is CCCC(N=[N+]=[N-])c1cn[nH]n1. The Morgan fingerprint density at radius 1 is 1.83 bits per heavy atom. The predicted octanol–water partition coefficient (Wildman–Crippen LogP) is 1.96. The fourth-order valence-electron chi connectivity index (χ4n) is 0.972. The zero-order valence-electron chi connectivity index (χ0n) is 6.80. The van der Waals surface area contributed by atoms with Gasteiger partial charge in [0.15, 0.2) is 0 Å². The van der Waals surface area contributed by atoms with Crippen LogP contribution in [0.2, 0.25) is 0 Å². The number of aromatic nitrogens is 3. The molecule has 0 aromatic carbocycles. The molecule has 1 unspecified atom stereocenters. The van der Waals surface area contributed by atoms with E-state index in [2.05, 4.69) is 25.4 Å². The highest BCUT2D eigenvalue weighted by molar-refractivity contribution is 4.99. The fourth-order valence-corrected chi connectivity index (χ4v) is 0.972. The maximum absolute atomic E-state index is 8.26. The first-order valence-corrected chi connectivity index (χ1v) is 3.78. The molecule has 1 rings (SSSR count). The Morgan fingerprint density at radius 3 is 3.17 bits per heavy atom. The Balaban J connectivity index is 2.72. The van der Waals surface area contributed by atoms with E-state index in [1.54, 1.807) is 6.20 Å². The van der Waals surface area contributed by atoms with Crippen molar-refractivity contribution in [1.29, 1.82) is 0 Å². The van der Waals surface area contributed by atoms with Crippen molar-refractivity contribution in [2.75, 3.05) is 0 Å². The van der Waals surface area contributed by atoms with Gasteiger partial charge in [-0.3, -0.25) is 0 Å². The predicted molar refractivity (Wildman–Crippen MR) is 43.2 cm³/mol. The van der Waals surface area contributed by atoms with Gasteiger partial charge in [-0.2, -0.15) is 15.4 Å². The summed E-state index contributed by atoms with van der Waals surface area (Å²) < 4.78 is 0. The average molecular weight is 166 g/mol. The van der Waals surface area contributed by atoms with Crippen LogP contribution in [0.4, 0.5) is 0 Å². The average Bonchev–Trinajstić information content (AvgIpc) is 2.56. The van der Waals surface area contributed by atoms with Crippen LogP contribution in [0.5, 0.6) is 0 Å². The molecule has 0 aliphatic heterocycles. The molecule has 0 amide bonds. The maximum atomic E-state index is 8.26. The van der Waals surface area contributed by atoms with E-state index in [4.69, 9.17) is 5.53 Å². The van der Waals surface area contributed by atoms with Gasteiger partial charge in [-0.1, -0.05) is 18.5 Å². The monoisotopic (exact) mass is 166 g/mol. The van der Waals surface area contributed by atoms with Crippen molar-refractivity contribution in [2.45, 2.75) is 25.8 Å². The Bertz CT molecular complexity index is 260. The van der Waals surface area contributed by atoms with Gasteiger partial charge in [-0.15, -0.1) is 0 Å². The van der Waals surface area contributed by atoms with Gasteiger partial charge in [0.1, 0.15) is 0 Å². The molecule has 64 valence electrons. The number of aromatic amines is 1. The van der Waals surface area contributed by atoms with Gasteiger partial charge in [0.05, 0.1) is 17.9 Å². The minimum atomic E-state index is -0.182. The van der Waals surface area contributed by atoms with Crippen molar-refractivity contribution < 1.29 is 0 Å². The van der Waals surface area contributed by atoms with Crippen LogP contribution in [0.25, 0.3) is 10.4 Å². The molecule has 0 saturated heterocycles. The number of nitrogens with zero attached hydrogens (tertiary/aromatic N) is 5. The molecule has 1 aromatic rings. The van der Waals surface area contributed by atoms with Gasteiger partial charge in [0.2, 0.25) is 0 Å². The van der Waals surface area contributed by atoms with Crippen molar-refractivity contribution in [2.24, 2.45) is 5.11 Å². The minimum absolute atomic E-state index is 0.182. The zero-order valence-corrected chi connectivity index (χ0v) is 6.80. The molecular weight excluding hydrogens is 156 g/mol. The highest BCUT2D eigenvalue weighted by Gasteiger charge is 2.10. The molecule has 0 aliphatic rings. The van der Waals surface area contributed by atoms with Crippen LogP contribution < -0.4 is 0 Å². The summed E-state index contributed by atoms with van der Waals surface area (Å²) in [5.41, 5.74) is 8.97. The summed E-state index contributed by atoms with van der Waals surface area (Å²) in [4.78, 5) is 2.75. The molecule has 0 aliphatic carbocycles. The van der Waals surface area contributed by atoms with E-state index in [1.165, 1.54) is 0 Å². The third kappa shape index (κ3) is 1.96. The largest absolute Gasteiger partial charge is 0.198 e. The van der Waals surface area contributed by atoms with Crippen LogP contribution in [-0.2, 0) is 0 Å². The summed E-state index contributed by atoms with van der Waals surface area (Å²) >= 11 is 0. The van der Waals surface area contributed by atoms with E-state index in [-0.39, 0.29) is 6.04 Å². The smallest absolute Gasteiger partial charge is 0.0913 e. The van der Waals surface area contributed by atoms with Crippen molar-refractivity contribution >= 4 is 0 Å². The first-order chi connectivity index (χ1) is 5.88. The maximum Gasteiger partial charge on any atom is 0.0913 e. The molecule has 0 saturated carbocycles. The van der Waals surface area contributed by atoms with E-state index in [0.717, 1.165) is 12.8 Å². The van der Waals surface area contributed by atoms with Gasteiger partial charge in [0, 0.05) is 4.91 Å². The first kappa shape index (κ1) is 8.55. The zero-order chi connectivity index (χ0) is 8.81. The number of hydrogen-bond acceptors (Lipinski definition) is 3. The Hall–Kier alpha value is -1.55. The molecule has 0 radical (unpaired) electrons. The van der Waals surface area contributed by atoms with E-state index in [1.807, 2.05) is 6.92 Å². The third-order valence-corrected chi connectivity index (χ3v) is 1.53. The van der Waals surface area contributed by atoms with Crippen molar-refractivity contribution in [3.63, 3.8) is 0 Å². The van der Waals surface area contributed by atoms with Gasteiger partial charge < -0.3 is 0 Å². The topological polar surface area (TPSA) is 90.3 Å². The lowest BCUT2D eigenvalue weighted by molar-refractivity contribution is 0.616. The molecule has 0 bridgehead atoms. The number of nitrogens with one attached hydrogen (secondary N) is 1. The van der Waals surface area contributed by atoms with Crippen LogP contribution >= 0.6 is 0 Å². The molecule has 1 N–H and O–H groups in total. The van der Waals surface area contributed by atoms with Gasteiger partial charge in [-0.25, -0.2) is 0 Å². The summed E-state index contributed by atoms with van der Waals surface area (Å²) in [6.45, 7) is 2.03. The first-order valence-electron chi connectivity index (χ1n) is 3.78. The van der Waals surface area contributed by atoms with E-state index >= 15 is 0 Å². The standard InChI is InChI=1S/C6H10N6/c1-2-3-5(9-11-7)6-4-8-12-10-6/h4-5H,2-3H2,1H3,(H,8,10,12). The lowest BCUT2D eigenvalue weighted by Crippen LogP contribution is -1.94. The fraction of sp³-hybridized carbons (Fsp3) is 0.667. The summed E-state index contributed by atoms with van der Waals surface area (Å²) in [5.74, 6) is 0. The van der Waals surface area contributed by atoms with Crippen molar-refractivity contribution in [3.05, 3.63) is 22.3 Å². The number of rotatable bonds is 4. The lowest BCUT2D eigenvalue weighted by atomic mass is 10.1. The number of H-pyrrole nitrogens is 1. The second kappa shape index (κ2) is 4.35. The van der Waals surface area contributed by atoms with Crippen LogP contribution in [0, 0.1) is 0 Å². The third-order valence-electron chi connectivity index (χ3n) is 1.53. The number of hydrogen-bond donors (Lipinski definition) is 1. The lowest BCUT2D eigenvalue weighted by Gasteiger charge is -2.03. The molecule has 0 spiro atoms. The van der Waals surface area contributed by atoms with Gasteiger partial charge >= 0.3 is 0 Å². The van der Waals surface area contributed by atoms with Gasteiger partial charge in [-0.05, 0) is 12.0 Å². The Labute approximate surface area is 69.6 Å². The van der Waals surface area contributed by atoms with Crippen molar-refractivity contribution in [1.82, 2.24) is 15.4 Å². The molecule has 1 aromatic heterocycles. The summed E-state index contributed by atoms with van der Waals surface area (Å²) in [6.07, 6.45) is 3.34. The molecule has 6 nitrogen and oxygen atoms in total. The second-order valence-electron chi connectivity index (χ2n) is 2.40. The molecular formula is C6H10N6. The Morgan fingerprint density at radius 2 is 2.67 bits per heavy atom. The van der Waals surface area contributed by atoms with Crippen LogP contribution in [0.3, 0.4) is 0 Å². The normalized spacial score (nSPS) is 12.1. The summed E-state index contributed by atoms with van der Waals surface area (Å²) in [7, 11) is 0. The van der Waals surface area contributed by atoms with E-state index < -0.39 is 0 Å². The van der Waals surface area contributed by atoms with E-state index in [9.17, 15) is 0 Å². The quantitative estimate of drug-likeness (QED) is 0.420. The molecule has 1 atom stereocenters. The Kier molecular flexibility index (Phi) is 3.10. The highest BCUT2D eigenvalue weighted by atomic mass is 15.3. The second-order valence-corrected chi connectivity index (χ2v) is 2.40. The molecule has 6 heteroatoms. The van der Waals surface area contributed by atoms with Crippen molar-refractivity contribution in [3.8, 4) is 0 Å². The van der Waals surface area contributed by atoms with E-state index in [0.29, 0.717) is 5.69 Å². The van der Waals surface area contributed by atoms with Crippen LogP contribution in [0.1, 0.15) is 31.5 Å². The molecule has 0 fully saturated rings. The summed E-state index contributed by atoms with van der Waals surface area (Å²) in [6, 6.07) is -0.182. The number of azide groups is 1. The van der Waals surface area contributed by atoms with Crippen LogP contribution in [-0.4, -0.2) is 15.4 Å².